The van der Waals surface area contributed by atoms with Gasteiger partial charge in [0, 0.05) is 19.4 Å². The molecule has 0 radical (unpaired) electrons. The number of hydrogen-bond donors (Lipinski definition) is 2. The molecule has 2 N–H and O–H groups in total. The van der Waals surface area contributed by atoms with Gasteiger partial charge >= 0.3 is 0 Å². The van der Waals surface area contributed by atoms with Crippen LogP contribution in [0.2, 0.25) is 0 Å². The zero-order valence-electron chi connectivity index (χ0n) is 18.5. The van der Waals surface area contributed by atoms with Crippen LogP contribution in [-0.4, -0.2) is 56.6 Å². The summed E-state index contributed by atoms with van der Waals surface area (Å²) in [4.78, 5) is 24.6. The van der Waals surface area contributed by atoms with Crippen molar-refractivity contribution >= 4 is 11.8 Å². The number of carbonyl (C=O) groups excluding carboxylic acids is 2. The normalized spacial score (nSPS) is 12.7. The molecular formula is C22H44N3O2+. The van der Waals surface area contributed by atoms with Crippen molar-refractivity contribution in [2.45, 2.75) is 77.7 Å². The largest absolute Gasteiger partial charge is 0.354 e. The van der Waals surface area contributed by atoms with Gasteiger partial charge in [-0.3, -0.25) is 9.59 Å². The lowest BCUT2D eigenvalue weighted by Crippen LogP contribution is -2.50. The first-order valence-electron chi connectivity index (χ1n) is 10.7. The Morgan fingerprint density at radius 3 is 2.11 bits per heavy atom. The highest BCUT2D eigenvalue weighted by atomic mass is 16.2. The summed E-state index contributed by atoms with van der Waals surface area (Å²) in [7, 11) is 6.42. The molecule has 0 heterocycles. The minimum atomic E-state index is -0.444. The molecule has 5 heteroatoms. The van der Waals surface area contributed by atoms with Gasteiger partial charge in [0.25, 0.3) is 0 Å². The molecule has 0 spiro atoms. The third-order valence-corrected chi connectivity index (χ3v) is 4.63. The second kappa shape index (κ2) is 14.7. The summed E-state index contributed by atoms with van der Waals surface area (Å²) in [6, 6.07) is -0.444. The average molecular weight is 383 g/mol. The summed E-state index contributed by atoms with van der Waals surface area (Å²) in [5.74, 6) is 0.000973. The van der Waals surface area contributed by atoms with Crippen molar-refractivity contribution in [2.24, 2.45) is 5.92 Å². The second-order valence-corrected chi connectivity index (χ2v) is 8.90. The maximum absolute atomic E-state index is 12.4. The van der Waals surface area contributed by atoms with E-state index < -0.39 is 6.04 Å². The Hall–Kier alpha value is -1.36. The van der Waals surface area contributed by atoms with Crippen molar-refractivity contribution in [3.8, 4) is 0 Å². The lowest BCUT2D eigenvalue weighted by molar-refractivity contribution is -0.870. The van der Waals surface area contributed by atoms with Crippen molar-refractivity contribution in [3.05, 3.63) is 12.7 Å². The van der Waals surface area contributed by atoms with E-state index >= 15 is 0 Å². The minimum Gasteiger partial charge on any atom is -0.354 e. The molecule has 0 aliphatic rings. The van der Waals surface area contributed by atoms with Crippen LogP contribution < -0.4 is 10.6 Å². The molecule has 0 unspecified atom stereocenters. The third-order valence-electron chi connectivity index (χ3n) is 4.63. The summed E-state index contributed by atoms with van der Waals surface area (Å²) in [5, 5.41) is 5.90. The van der Waals surface area contributed by atoms with Crippen LogP contribution in [0.15, 0.2) is 12.7 Å². The van der Waals surface area contributed by atoms with Crippen LogP contribution in [0, 0.1) is 5.92 Å². The average Bonchev–Trinajstić information content (AvgIpc) is 2.57. The van der Waals surface area contributed by atoms with E-state index in [9.17, 15) is 9.59 Å². The van der Waals surface area contributed by atoms with E-state index in [-0.39, 0.29) is 17.7 Å². The molecule has 0 aromatic heterocycles. The van der Waals surface area contributed by atoms with Gasteiger partial charge in [-0.2, -0.15) is 0 Å². The fraction of sp³-hybridized carbons (Fsp3) is 0.818. The highest BCUT2D eigenvalue weighted by Crippen LogP contribution is 2.09. The molecule has 27 heavy (non-hydrogen) atoms. The fourth-order valence-electron chi connectivity index (χ4n) is 2.94. The fourth-order valence-corrected chi connectivity index (χ4v) is 2.94. The number of amides is 2. The van der Waals surface area contributed by atoms with Gasteiger partial charge in [0.05, 0.1) is 27.7 Å². The standard InChI is InChI=1S/C22H43N3O2/c1-7-8-9-10-11-12-13-14-16-20(26)24-21(19(2)3)22(27)23-17-15-18-25(4,5)6/h7,19,21H,1,8-18H2,2-6H3,(H-,23,24,26,27)/p+1/t21-/m0/s1. The SMILES string of the molecule is C=CCCCCCCCCC(=O)N[C@H](C(=O)NCCC[N+](C)(C)C)C(C)C. The number of hydrogen-bond acceptors (Lipinski definition) is 2. The van der Waals surface area contributed by atoms with Gasteiger partial charge in [-0.1, -0.05) is 45.6 Å². The summed E-state index contributed by atoms with van der Waals surface area (Å²) in [5.41, 5.74) is 0. The molecule has 0 fully saturated rings. The van der Waals surface area contributed by atoms with Crippen molar-refractivity contribution in [1.29, 1.82) is 0 Å². The molecule has 0 aromatic rings. The number of unbranched alkanes of at least 4 members (excludes halogenated alkanes) is 6. The molecule has 2 amide bonds. The molecule has 0 rings (SSSR count). The number of nitrogens with zero attached hydrogens (tertiary/aromatic N) is 1. The van der Waals surface area contributed by atoms with Crippen LogP contribution in [0.3, 0.4) is 0 Å². The molecule has 0 aliphatic heterocycles. The van der Waals surface area contributed by atoms with Crippen LogP contribution in [0.1, 0.15) is 71.6 Å². The van der Waals surface area contributed by atoms with Crippen molar-refractivity contribution < 1.29 is 14.1 Å². The molecule has 158 valence electrons. The summed E-state index contributed by atoms with van der Waals surface area (Å²) >= 11 is 0. The van der Waals surface area contributed by atoms with Gasteiger partial charge in [0.2, 0.25) is 11.8 Å². The lowest BCUT2D eigenvalue weighted by atomic mass is 10.0. The highest BCUT2D eigenvalue weighted by molar-refractivity contribution is 5.87. The molecule has 0 bridgehead atoms. The van der Waals surface area contributed by atoms with E-state index in [0.717, 1.165) is 36.7 Å². The van der Waals surface area contributed by atoms with Gasteiger partial charge in [0.1, 0.15) is 6.04 Å². The lowest BCUT2D eigenvalue weighted by Gasteiger charge is -2.25. The monoisotopic (exact) mass is 382 g/mol. The van der Waals surface area contributed by atoms with Gasteiger partial charge in [0.15, 0.2) is 0 Å². The molecule has 5 nitrogen and oxygen atoms in total. The predicted molar refractivity (Wildman–Crippen MR) is 114 cm³/mol. The Balaban J connectivity index is 4.01. The van der Waals surface area contributed by atoms with E-state index in [2.05, 4.69) is 38.4 Å². The number of rotatable bonds is 16. The molecule has 0 aliphatic carbocycles. The number of carbonyl (C=O) groups is 2. The molecular weight excluding hydrogens is 338 g/mol. The highest BCUT2D eigenvalue weighted by Gasteiger charge is 2.23. The third kappa shape index (κ3) is 15.4. The smallest absolute Gasteiger partial charge is 0.242 e. The Morgan fingerprint density at radius 2 is 1.56 bits per heavy atom. The Kier molecular flexibility index (Phi) is 13.9. The summed E-state index contributed by atoms with van der Waals surface area (Å²) < 4.78 is 0.883. The van der Waals surface area contributed by atoms with E-state index in [1.54, 1.807) is 0 Å². The molecule has 0 aromatic carbocycles. The van der Waals surface area contributed by atoms with Crippen molar-refractivity contribution in [1.82, 2.24) is 10.6 Å². The van der Waals surface area contributed by atoms with Crippen LogP contribution >= 0.6 is 0 Å². The molecule has 1 atom stereocenters. The van der Waals surface area contributed by atoms with Crippen LogP contribution in [0.4, 0.5) is 0 Å². The maximum Gasteiger partial charge on any atom is 0.242 e. The second-order valence-electron chi connectivity index (χ2n) is 8.90. The molecule has 0 saturated carbocycles. The Labute approximate surface area is 167 Å². The topological polar surface area (TPSA) is 58.2 Å². The quantitative estimate of drug-likeness (QED) is 0.243. The van der Waals surface area contributed by atoms with Crippen molar-refractivity contribution in [2.75, 3.05) is 34.2 Å². The van der Waals surface area contributed by atoms with E-state index in [4.69, 9.17) is 0 Å². The Bertz CT molecular complexity index is 428. The number of nitrogens with one attached hydrogen (secondary N) is 2. The Morgan fingerprint density at radius 1 is 0.963 bits per heavy atom. The van der Waals surface area contributed by atoms with E-state index in [0.29, 0.717) is 13.0 Å². The predicted octanol–water partition coefficient (Wildman–Crippen LogP) is 3.65. The summed E-state index contributed by atoms with van der Waals surface area (Å²) in [6.45, 7) is 9.33. The summed E-state index contributed by atoms with van der Waals surface area (Å²) in [6.07, 6.45) is 11.3. The zero-order chi connectivity index (χ0) is 20.7. The number of allylic oxidation sites excluding steroid dienone is 1. The first kappa shape index (κ1) is 25.6. The van der Waals surface area contributed by atoms with Crippen LogP contribution in [0.5, 0.6) is 0 Å². The van der Waals surface area contributed by atoms with Gasteiger partial charge in [-0.15, -0.1) is 6.58 Å². The van der Waals surface area contributed by atoms with Gasteiger partial charge in [-0.05, 0) is 25.2 Å². The molecule has 0 saturated heterocycles. The first-order chi connectivity index (χ1) is 12.7. The van der Waals surface area contributed by atoms with Crippen LogP contribution in [0.25, 0.3) is 0 Å². The van der Waals surface area contributed by atoms with E-state index in [1.165, 1.54) is 25.7 Å². The van der Waals surface area contributed by atoms with Gasteiger partial charge in [-0.25, -0.2) is 0 Å². The maximum atomic E-state index is 12.4. The van der Waals surface area contributed by atoms with Gasteiger partial charge < -0.3 is 15.1 Å². The first-order valence-corrected chi connectivity index (χ1v) is 10.7. The zero-order valence-corrected chi connectivity index (χ0v) is 18.5. The van der Waals surface area contributed by atoms with Crippen LogP contribution in [-0.2, 0) is 9.59 Å². The minimum absolute atomic E-state index is 0.0122. The van der Waals surface area contributed by atoms with E-state index in [1.807, 2.05) is 19.9 Å². The van der Waals surface area contributed by atoms with Crippen molar-refractivity contribution in [3.63, 3.8) is 0 Å². The number of quaternary nitrogens is 1.